The molecule has 0 radical (unpaired) electrons. The van der Waals surface area contributed by atoms with Gasteiger partial charge >= 0.3 is 5.97 Å². The number of nitrogens with zero attached hydrogens (tertiary/aromatic N) is 1. The molecular formula is C35H57N3O4. The Morgan fingerprint density at radius 3 is 2.62 bits per heavy atom. The first-order chi connectivity index (χ1) is 20.1. The maximum Gasteiger partial charge on any atom is 0.306 e. The van der Waals surface area contributed by atoms with E-state index in [2.05, 4.69) is 53.6 Å². The Morgan fingerprint density at radius 2 is 1.81 bits per heavy atom. The van der Waals surface area contributed by atoms with Gasteiger partial charge in [-0.3, -0.25) is 9.69 Å². The molecule has 0 aliphatic carbocycles. The Bertz CT molecular complexity index is 1040. The summed E-state index contributed by atoms with van der Waals surface area (Å²) in [6.45, 7) is 6.79. The Hall–Kier alpha value is -1.51. The highest BCUT2D eigenvalue weighted by Crippen LogP contribution is 2.39. The smallest absolute Gasteiger partial charge is 0.306 e. The standard InChI is InChI=1S/C35H57N3O4/c1-25-32(39)12-11-31-21-29(13-17-38(25)31)28-10-5-3-4-6-14-35(42,23-33(40)41)24-37-34(2)15-16-36-30(22-34)20-27-9-7-8-26(18-27)19-28/h7-9,18,25,28-32,36-37,39,42H,3-6,10-17,19-24H2,1-2H3,(H,40,41)/t25-,28-,29+,30+,31-,32-,34+,35-/m1/s1. The molecule has 5 rings (SSSR count). The van der Waals surface area contributed by atoms with E-state index < -0.39 is 11.6 Å². The number of carboxylic acid groups (broad SMARTS) is 1. The molecule has 4 bridgehead atoms. The second kappa shape index (κ2) is 14.1. The van der Waals surface area contributed by atoms with Crippen LogP contribution in [0.15, 0.2) is 24.3 Å². The Kier molecular flexibility index (Phi) is 10.7. The minimum Gasteiger partial charge on any atom is -0.481 e. The Labute approximate surface area is 253 Å². The molecule has 236 valence electrons. The lowest BCUT2D eigenvalue weighted by atomic mass is 9.73. The maximum absolute atomic E-state index is 11.7. The van der Waals surface area contributed by atoms with Crippen LogP contribution in [0.1, 0.15) is 108 Å². The van der Waals surface area contributed by atoms with Gasteiger partial charge in [-0.1, -0.05) is 49.9 Å². The van der Waals surface area contributed by atoms with Crippen molar-refractivity contribution in [3.63, 3.8) is 0 Å². The lowest BCUT2D eigenvalue weighted by Crippen LogP contribution is -2.58. The van der Waals surface area contributed by atoms with Crippen LogP contribution in [0, 0.1) is 11.8 Å². The first-order valence-electron chi connectivity index (χ1n) is 17.1. The van der Waals surface area contributed by atoms with Crippen molar-refractivity contribution in [1.82, 2.24) is 15.5 Å². The zero-order valence-electron chi connectivity index (χ0n) is 26.2. The fourth-order valence-electron chi connectivity index (χ4n) is 8.84. The number of aliphatic hydroxyl groups excluding tert-OH is 1. The number of benzene rings is 1. The second-order valence-electron chi connectivity index (χ2n) is 14.8. The summed E-state index contributed by atoms with van der Waals surface area (Å²) in [5.41, 5.74) is 1.53. The van der Waals surface area contributed by atoms with Gasteiger partial charge in [0.1, 0.15) is 0 Å². The van der Waals surface area contributed by atoms with Crippen LogP contribution < -0.4 is 10.6 Å². The number of nitrogens with one attached hydrogen (secondary N) is 2. The van der Waals surface area contributed by atoms with Crippen LogP contribution in [0.5, 0.6) is 0 Å². The average molecular weight is 584 g/mol. The van der Waals surface area contributed by atoms with Gasteiger partial charge in [-0.2, -0.15) is 0 Å². The fourth-order valence-corrected chi connectivity index (χ4v) is 8.84. The molecule has 0 unspecified atom stereocenters. The first kappa shape index (κ1) is 31.9. The van der Waals surface area contributed by atoms with Crippen LogP contribution in [0.3, 0.4) is 0 Å². The van der Waals surface area contributed by atoms with Crippen LogP contribution in [0.2, 0.25) is 0 Å². The summed E-state index contributed by atoms with van der Waals surface area (Å²) in [7, 11) is 0. The third-order valence-corrected chi connectivity index (χ3v) is 11.4. The first-order valence-corrected chi connectivity index (χ1v) is 17.1. The number of fused-ring (bicyclic) bond motifs is 5. The predicted octanol–water partition coefficient (Wildman–Crippen LogP) is 4.67. The van der Waals surface area contributed by atoms with Crippen molar-refractivity contribution >= 4 is 5.97 Å². The second-order valence-corrected chi connectivity index (χ2v) is 14.8. The van der Waals surface area contributed by atoms with E-state index in [4.69, 9.17) is 0 Å². The zero-order valence-corrected chi connectivity index (χ0v) is 26.2. The van der Waals surface area contributed by atoms with Gasteiger partial charge < -0.3 is 26.0 Å². The minimum absolute atomic E-state index is 0.127. The minimum atomic E-state index is -1.21. The lowest BCUT2D eigenvalue weighted by molar-refractivity contribution is -0.143. The predicted molar refractivity (Wildman–Crippen MR) is 168 cm³/mol. The van der Waals surface area contributed by atoms with Crippen LogP contribution in [0.4, 0.5) is 0 Å². The number of rotatable bonds is 3. The molecule has 0 amide bonds. The van der Waals surface area contributed by atoms with E-state index in [1.165, 1.54) is 36.8 Å². The molecule has 1 aromatic rings. The van der Waals surface area contributed by atoms with Crippen molar-refractivity contribution in [2.24, 2.45) is 11.8 Å². The number of carbonyl (C=O) groups is 1. The third-order valence-electron chi connectivity index (χ3n) is 11.4. The molecule has 0 aromatic heterocycles. The number of carboxylic acids is 1. The van der Waals surface area contributed by atoms with Gasteiger partial charge in [0, 0.05) is 30.2 Å². The van der Waals surface area contributed by atoms with Crippen molar-refractivity contribution in [3.05, 3.63) is 35.4 Å². The number of hydrogen-bond donors (Lipinski definition) is 5. The van der Waals surface area contributed by atoms with Crippen molar-refractivity contribution in [1.29, 1.82) is 0 Å². The van der Waals surface area contributed by atoms with Gasteiger partial charge in [0.2, 0.25) is 0 Å². The number of piperidine rings is 3. The van der Waals surface area contributed by atoms with Crippen LogP contribution in [-0.2, 0) is 17.6 Å². The Balaban J connectivity index is 1.32. The fraction of sp³-hybridized carbons (Fsp3) is 0.800. The van der Waals surface area contributed by atoms with Gasteiger partial charge in [-0.05, 0) is 114 Å². The van der Waals surface area contributed by atoms with Crippen molar-refractivity contribution in [2.45, 2.75) is 146 Å². The number of aliphatic hydroxyl groups is 2. The largest absolute Gasteiger partial charge is 0.481 e. The molecule has 8 atom stereocenters. The van der Waals surface area contributed by atoms with Crippen LogP contribution in [0.25, 0.3) is 0 Å². The quantitative estimate of drug-likeness (QED) is 0.352. The highest BCUT2D eigenvalue weighted by Gasteiger charge is 2.40. The van der Waals surface area contributed by atoms with E-state index in [0.29, 0.717) is 31.0 Å². The van der Waals surface area contributed by atoms with Crippen molar-refractivity contribution in [3.8, 4) is 0 Å². The van der Waals surface area contributed by atoms with Crippen molar-refractivity contribution in [2.75, 3.05) is 19.6 Å². The summed E-state index contributed by atoms with van der Waals surface area (Å²) in [5.74, 6) is 0.452. The topological polar surface area (TPSA) is 105 Å². The molecule has 1 aromatic carbocycles. The molecule has 3 fully saturated rings. The zero-order chi connectivity index (χ0) is 29.7. The van der Waals surface area contributed by atoms with Gasteiger partial charge in [0.05, 0.1) is 18.1 Å². The molecule has 5 N–H and O–H groups in total. The normalized spacial score (nSPS) is 39.4. The number of β-amino-alcohol motifs (C(OH)–C–C–N with tert-alkyl or cyclic N) is 1. The summed E-state index contributed by atoms with van der Waals surface area (Å²) in [6, 6.07) is 10.5. The number of hydrogen-bond acceptors (Lipinski definition) is 6. The van der Waals surface area contributed by atoms with Crippen LogP contribution in [-0.4, -0.2) is 81.2 Å². The van der Waals surface area contributed by atoms with Gasteiger partial charge in [0.25, 0.3) is 0 Å². The van der Waals surface area contributed by atoms with Gasteiger partial charge in [-0.15, -0.1) is 0 Å². The van der Waals surface area contributed by atoms with E-state index in [1.807, 2.05) is 0 Å². The molecule has 7 heteroatoms. The molecule has 0 spiro atoms. The van der Waals surface area contributed by atoms with E-state index in [1.54, 1.807) is 0 Å². The summed E-state index contributed by atoms with van der Waals surface area (Å²) < 4.78 is 0. The van der Waals surface area contributed by atoms with Gasteiger partial charge in [-0.25, -0.2) is 0 Å². The maximum atomic E-state index is 11.7. The van der Waals surface area contributed by atoms with E-state index >= 15 is 0 Å². The van der Waals surface area contributed by atoms with Gasteiger partial charge in [0.15, 0.2) is 0 Å². The summed E-state index contributed by atoms with van der Waals surface area (Å²) in [6.07, 6.45) is 14.1. The van der Waals surface area contributed by atoms with Crippen molar-refractivity contribution < 1.29 is 20.1 Å². The molecular weight excluding hydrogens is 526 g/mol. The monoisotopic (exact) mass is 583 g/mol. The SMILES string of the molecule is C[C@@H]1[C@H](O)CC[C@@H]2C[C@@H]([C@@H]3CCCCCC[C@@](O)(CC(=O)O)CN[C@@]4(C)CCN[C@@H](Cc5cccc(c5)C3)C4)CCN21. The van der Waals surface area contributed by atoms with E-state index in [0.717, 1.165) is 76.8 Å². The highest BCUT2D eigenvalue weighted by atomic mass is 16.4. The summed E-state index contributed by atoms with van der Waals surface area (Å²) in [4.78, 5) is 14.3. The average Bonchev–Trinajstić information content (AvgIpc) is 2.95. The number of aliphatic carboxylic acids is 1. The lowest BCUT2D eigenvalue weighted by Gasteiger charge is -2.49. The molecule has 4 aliphatic heterocycles. The summed E-state index contributed by atoms with van der Waals surface area (Å²) >= 11 is 0. The Morgan fingerprint density at radius 1 is 1.02 bits per heavy atom. The molecule has 7 nitrogen and oxygen atoms in total. The van der Waals surface area contributed by atoms with E-state index in [-0.39, 0.29) is 24.1 Å². The molecule has 4 aliphatic rings. The van der Waals surface area contributed by atoms with E-state index in [9.17, 15) is 20.1 Å². The summed E-state index contributed by atoms with van der Waals surface area (Å²) in [5, 5.41) is 38.8. The molecule has 0 saturated carbocycles. The molecule has 4 heterocycles. The highest BCUT2D eigenvalue weighted by molar-refractivity contribution is 5.68. The van der Waals surface area contributed by atoms with Crippen LogP contribution >= 0.6 is 0 Å². The molecule has 42 heavy (non-hydrogen) atoms. The molecule has 3 saturated heterocycles. The third kappa shape index (κ3) is 8.35.